The van der Waals surface area contributed by atoms with Crippen LogP contribution in [0, 0.1) is 5.92 Å². The average Bonchev–Trinajstić information content (AvgIpc) is 2.64. The zero-order valence-electron chi connectivity index (χ0n) is 17.4. The van der Waals surface area contributed by atoms with E-state index in [0.29, 0.717) is 18.5 Å². The molecule has 0 aromatic heterocycles. The summed E-state index contributed by atoms with van der Waals surface area (Å²) in [5, 5.41) is 21.7. The lowest BCUT2D eigenvalue weighted by atomic mass is 10.1. The Kier molecular flexibility index (Phi) is 7.55. The third kappa shape index (κ3) is 6.03. The van der Waals surface area contributed by atoms with Crippen LogP contribution in [0.1, 0.15) is 32.8 Å². The van der Waals surface area contributed by atoms with Gasteiger partial charge in [0.2, 0.25) is 0 Å². The van der Waals surface area contributed by atoms with Gasteiger partial charge in [-0.15, -0.1) is 0 Å². The quantitative estimate of drug-likeness (QED) is 0.446. The maximum absolute atomic E-state index is 13.2. The summed E-state index contributed by atoms with van der Waals surface area (Å²) < 4.78 is 27.7. The van der Waals surface area contributed by atoms with Crippen LogP contribution in [0.5, 0.6) is 5.75 Å². The summed E-state index contributed by atoms with van der Waals surface area (Å²) in [5.41, 5.74) is 7.11. The fraction of sp³-hybridized carbons (Fsp3) is 0.381. The molecule has 2 aromatic rings. The van der Waals surface area contributed by atoms with Gasteiger partial charge in [0, 0.05) is 18.3 Å². The Hall–Kier alpha value is -2.94. The fourth-order valence-electron chi connectivity index (χ4n) is 3.03. The van der Waals surface area contributed by atoms with Gasteiger partial charge in [-0.3, -0.25) is 4.31 Å². The molecule has 0 aliphatic rings. The van der Waals surface area contributed by atoms with Crippen LogP contribution < -0.4 is 15.4 Å². The van der Waals surface area contributed by atoms with Crippen LogP contribution in [-0.4, -0.2) is 37.3 Å². The maximum Gasteiger partial charge on any atom is 0.404 e. The first-order valence-corrected chi connectivity index (χ1v) is 11.1. The first kappa shape index (κ1) is 23.3. The van der Waals surface area contributed by atoms with Crippen LogP contribution in [0.3, 0.4) is 0 Å². The number of nitrogen functional groups attached to an aromatic ring is 1. The van der Waals surface area contributed by atoms with Gasteiger partial charge >= 0.3 is 6.09 Å². The highest BCUT2D eigenvalue weighted by Gasteiger charge is 2.27. The highest BCUT2D eigenvalue weighted by molar-refractivity contribution is 7.92. The van der Waals surface area contributed by atoms with Gasteiger partial charge in [0.15, 0.2) is 0 Å². The number of hydrogen-bond acceptors (Lipinski definition) is 5. The Balaban J connectivity index is 2.31. The van der Waals surface area contributed by atoms with Gasteiger partial charge in [0.25, 0.3) is 10.0 Å². The number of carbonyl (C=O) groups is 1. The Labute approximate surface area is 177 Å². The molecule has 0 saturated heterocycles. The van der Waals surface area contributed by atoms with E-state index < -0.39 is 16.1 Å². The van der Waals surface area contributed by atoms with E-state index in [1.165, 1.54) is 34.6 Å². The Morgan fingerprint density at radius 1 is 1.13 bits per heavy atom. The van der Waals surface area contributed by atoms with Gasteiger partial charge < -0.3 is 21.3 Å². The third-order valence-electron chi connectivity index (χ3n) is 4.54. The van der Waals surface area contributed by atoms with Crippen molar-refractivity contribution in [3.8, 4) is 5.75 Å². The lowest BCUT2D eigenvalue weighted by Crippen LogP contribution is -2.34. The van der Waals surface area contributed by atoms with E-state index in [2.05, 4.69) is 5.32 Å². The molecule has 5 N–H and O–H groups in total. The van der Waals surface area contributed by atoms with Crippen molar-refractivity contribution in [1.82, 2.24) is 5.32 Å². The number of phenols is 1. The van der Waals surface area contributed by atoms with Crippen molar-refractivity contribution in [3.63, 3.8) is 0 Å². The summed E-state index contributed by atoms with van der Waals surface area (Å²) in [6, 6.07) is 10.5. The van der Waals surface area contributed by atoms with Gasteiger partial charge in [-0.25, -0.2) is 13.2 Å². The average molecular weight is 436 g/mol. The van der Waals surface area contributed by atoms with Crippen molar-refractivity contribution >= 4 is 27.5 Å². The highest BCUT2D eigenvalue weighted by atomic mass is 32.2. The molecule has 1 unspecified atom stereocenters. The van der Waals surface area contributed by atoms with Gasteiger partial charge in [0.05, 0.1) is 10.6 Å². The molecular formula is C21H29N3O5S. The molecule has 0 saturated carbocycles. The number of amides is 1. The van der Waals surface area contributed by atoms with Crippen molar-refractivity contribution in [3.05, 3.63) is 48.0 Å². The number of aryl methyl sites for hydroxylation is 1. The number of carboxylic acid groups (broad SMARTS) is 1. The van der Waals surface area contributed by atoms with E-state index in [-0.39, 0.29) is 34.8 Å². The Morgan fingerprint density at radius 3 is 2.30 bits per heavy atom. The number of benzene rings is 2. The van der Waals surface area contributed by atoms with Crippen LogP contribution in [0.25, 0.3) is 0 Å². The van der Waals surface area contributed by atoms with Gasteiger partial charge in [-0.05, 0) is 67.6 Å². The Morgan fingerprint density at radius 2 is 1.77 bits per heavy atom. The number of nitrogens with two attached hydrogens (primary N) is 1. The minimum atomic E-state index is -3.90. The van der Waals surface area contributed by atoms with E-state index in [1.807, 2.05) is 13.8 Å². The van der Waals surface area contributed by atoms with Crippen LogP contribution >= 0.6 is 0 Å². The molecule has 0 aliphatic carbocycles. The molecule has 8 nitrogen and oxygen atoms in total. The van der Waals surface area contributed by atoms with Crippen LogP contribution in [0.15, 0.2) is 47.4 Å². The van der Waals surface area contributed by atoms with Gasteiger partial charge in [-0.1, -0.05) is 19.9 Å². The molecule has 0 aliphatic heterocycles. The first-order chi connectivity index (χ1) is 14.0. The Bertz CT molecular complexity index is 975. The van der Waals surface area contributed by atoms with E-state index in [4.69, 9.17) is 10.8 Å². The molecule has 0 heterocycles. The number of aromatic hydroxyl groups is 1. The largest absolute Gasteiger partial charge is 0.506 e. The van der Waals surface area contributed by atoms with Crippen molar-refractivity contribution in [2.24, 2.45) is 5.92 Å². The van der Waals surface area contributed by atoms with Crippen molar-refractivity contribution in [2.45, 2.75) is 44.6 Å². The predicted molar refractivity (Wildman–Crippen MR) is 117 cm³/mol. The molecule has 2 rings (SSSR count). The molecule has 0 fully saturated rings. The number of hydrogen-bond donors (Lipinski definition) is 4. The molecule has 0 bridgehead atoms. The summed E-state index contributed by atoms with van der Waals surface area (Å²) in [6.07, 6.45) is -0.00719. The molecule has 0 radical (unpaired) electrons. The summed E-state index contributed by atoms with van der Waals surface area (Å²) >= 11 is 0. The minimum Gasteiger partial charge on any atom is -0.506 e. The molecule has 1 atom stereocenters. The molecule has 2 aromatic carbocycles. The third-order valence-corrected chi connectivity index (χ3v) is 6.34. The zero-order chi connectivity index (χ0) is 22.5. The molecule has 30 heavy (non-hydrogen) atoms. The maximum atomic E-state index is 13.2. The van der Waals surface area contributed by atoms with E-state index in [0.717, 1.165) is 5.56 Å². The number of nitrogens with one attached hydrogen (secondary N) is 1. The fourth-order valence-corrected chi connectivity index (χ4v) is 4.67. The van der Waals surface area contributed by atoms with Crippen LogP contribution in [-0.2, 0) is 16.4 Å². The van der Waals surface area contributed by atoms with E-state index >= 15 is 0 Å². The number of rotatable bonds is 9. The minimum absolute atomic E-state index is 0.0237. The van der Waals surface area contributed by atoms with Crippen LogP contribution in [0.2, 0.25) is 0 Å². The normalized spacial score (nSPS) is 12.5. The lowest BCUT2D eigenvalue weighted by Gasteiger charge is -2.27. The highest BCUT2D eigenvalue weighted by Crippen LogP contribution is 2.33. The standard InChI is InChI=1S/C21H29N3O5S/c1-14(2)13-24(30(28,29)18-9-7-17(22)8-10-18)19-11-6-16(12-20(19)25)5-4-15(3)23-21(26)27/h6-12,14-15,23,25H,4-5,13,22H2,1-3H3,(H,26,27). The van der Waals surface area contributed by atoms with E-state index in [9.17, 15) is 18.3 Å². The molecule has 9 heteroatoms. The second-order valence-corrected chi connectivity index (χ2v) is 9.57. The first-order valence-electron chi connectivity index (χ1n) is 9.70. The number of nitrogens with zero attached hydrogens (tertiary/aromatic N) is 1. The number of anilines is 2. The van der Waals surface area contributed by atoms with E-state index in [1.54, 1.807) is 19.1 Å². The SMILES string of the molecule is CC(C)CN(c1ccc(CCC(C)NC(=O)O)cc1O)S(=O)(=O)c1ccc(N)cc1. The summed E-state index contributed by atoms with van der Waals surface area (Å²) in [6.45, 7) is 5.74. The van der Waals surface area contributed by atoms with Crippen molar-refractivity contribution < 1.29 is 23.4 Å². The molecule has 0 spiro atoms. The van der Waals surface area contributed by atoms with Crippen LogP contribution in [0.4, 0.5) is 16.2 Å². The van der Waals surface area contributed by atoms with Gasteiger partial charge in [0.1, 0.15) is 5.75 Å². The predicted octanol–water partition coefficient (Wildman–Crippen LogP) is 3.41. The summed E-state index contributed by atoms with van der Waals surface area (Å²) in [7, 11) is -3.90. The summed E-state index contributed by atoms with van der Waals surface area (Å²) in [4.78, 5) is 10.8. The second kappa shape index (κ2) is 9.71. The van der Waals surface area contributed by atoms with Crippen molar-refractivity contribution in [1.29, 1.82) is 0 Å². The lowest BCUT2D eigenvalue weighted by molar-refractivity contribution is 0.190. The number of phenolic OH excluding ortho intramolecular Hbond substituents is 1. The topological polar surface area (TPSA) is 133 Å². The van der Waals surface area contributed by atoms with Crippen molar-refractivity contribution in [2.75, 3.05) is 16.6 Å². The molecule has 1 amide bonds. The van der Waals surface area contributed by atoms with Gasteiger partial charge in [-0.2, -0.15) is 0 Å². The second-order valence-electron chi connectivity index (χ2n) is 7.71. The monoisotopic (exact) mass is 435 g/mol. The number of sulfonamides is 1. The molecule has 164 valence electrons. The summed E-state index contributed by atoms with van der Waals surface area (Å²) in [5.74, 6) is -0.124. The molecular weight excluding hydrogens is 406 g/mol. The smallest absolute Gasteiger partial charge is 0.404 e. The zero-order valence-corrected chi connectivity index (χ0v) is 18.2.